The molecule has 6 nitrogen and oxygen atoms in total. The van der Waals surface area contributed by atoms with Gasteiger partial charge in [-0.25, -0.2) is 8.42 Å². The molecule has 1 fully saturated rings. The van der Waals surface area contributed by atoms with Crippen molar-refractivity contribution in [2.45, 2.75) is 39.0 Å². The molecular weight excluding hydrogens is 378 g/mol. The Morgan fingerprint density at radius 2 is 1.89 bits per heavy atom. The van der Waals surface area contributed by atoms with E-state index >= 15 is 0 Å². The Kier molecular flexibility index (Phi) is 6.78. The van der Waals surface area contributed by atoms with Crippen LogP contribution in [-0.2, 0) is 14.6 Å². The van der Waals surface area contributed by atoms with Crippen LogP contribution in [-0.4, -0.2) is 44.9 Å². The van der Waals surface area contributed by atoms with Crippen LogP contribution in [0.4, 0.5) is 0 Å². The molecular formula is C21H27NO5S. The topological polar surface area (TPSA) is 72.9 Å². The second kappa shape index (κ2) is 9.28. The van der Waals surface area contributed by atoms with Crippen molar-refractivity contribution in [3.05, 3.63) is 40.8 Å². The number of piperidine rings is 1. The maximum Gasteiger partial charge on any atom is 0.265 e. The highest BCUT2D eigenvalue weighted by molar-refractivity contribution is 7.96. The SMILES string of the molecule is CCCCS(=O)(=O)/C(=C\C=C\c1ccc2c(c1)OCO2)C(=O)N1CCCCC1. The number of nitrogens with zero attached hydrogens (tertiary/aromatic N) is 1. The quantitative estimate of drug-likeness (QED) is 0.512. The normalized spacial score (nSPS) is 17.3. The van der Waals surface area contributed by atoms with Gasteiger partial charge in [-0.1, -0.05) is 31.6 Å². The van der Waals surface area contributed by atoms with E-state index in [0.29, 0.717) is 31.0 Å². The van der Waals surface area contributed by atoms with Crippen LogP contribution in [0.2, 0.25) is 0 Å². The zero-order chi connectivity index (χ0) is 20.0. The Hall–Kier alpha value is -2.28. The second-order valence-electron chi connectivity index (χ2n) is 7.03. The molecule has 2 aliphatic rings. The summed E-state index contributed by atoms with van der Waals surface area (Å²) in [6, 6.07) is 5.49. The Morgan fingerprint density at radius 1 is 1.14 bits per heavy atom. The van der Waals surface area contributed by atoms with Gasteiger partial charge < -0.3 is 14.4 Å². The first-order chi connectivity index (χ1) is 13.5. The van der Waals surface area contributed by atoms with Crippen molar-refractivity contribution in [2.24, 2.45) is 0 Å². The Labute approximate surface area is 166 Å². The Balaban J connectivity index is 1.83. The lowest BCUT2D eigenvalue weighted by Crippen LogP contribution is -2.38. The Morgan fingerprint density at radius 3 is 2.64 bits per heavy atom. The van der Waals surface area contributed by atoms with E-state index in [1.807, 2.05) is 25.1 Å². The van der Waals surface area contributed by atoms with Crippen molar-refractivity contribution in [2.75, 3.05) is 25.6 Å². The van der Waals surface area contributed by atoms with Gasteiger partial charge in [0.05, 0.1) is 5.75 Å². The number of sulfone groups is 1. The molecule has 28 heavy (non-hydrogen) atoms. The van der Waals surface area contributed by atoms with Crippen molar-refractivity contribution < 1.29 is 22.7 Å². The van der Waals surface area contributed by atoms with Crippen LogP contribution < -0.4 is 9.47 Å². The average Bonchev–Trinajstić information content (AvgIpc) is 3.17. The summed E-state index contributed by atoms with van der Waals surface area (Å²) in [5.41, 5.74) is 0.844. The van der Waals surface area contributed by atoms with E-state index in [9.17, 15) is 13.2 Å². The molecule has 7 heteroatoms. The molecule has 2 heterocycles. The highest BCUT2D eigenvalue weighted by atomic mass is 32.2. The first kappa shape index (κ1) is 20.5. The number of hydrogen-bond donors (Lipinski definition) is 0. The molecule has 3 rings (SSSR count). The third-order valence-electron chi connectivity index (χ3n) is 4.89. The summed E-state index contributed by atoms with van der Waals surface area (Å²) >= 11 is 0. The van der Waals surface area contributed by atoms with Crippen molar-refractivity contribution in [3.8, 4) is 11.5 Å². The Bertz CT molecular complexity index is 867. The fraction of sp³-hybridized carbons (Fsp3) is 0.476. The van der Waals surface area contributed by atoms with Gasteiger partial charge in [0.25, 0.3) is 5.91 Å². The van der Waals surface area contributed by atoms with Crippen molar-refractivity contribution in [1.29, 1.82) is 0 Å². The molecule has 1 aromatic rings. The van der Waals surface area contributed by atoms with Crippen LogP contribution in [0.25, 0.3) is 6.08 Å². The van der Waals surface area contributed by atoms with Gasteiger partial charge in [0.15, 0.2) is 21.3 Å². The van der Waals surface area contributed by atoms with E-state index in [0.717, 1.165) is 31.2 Å². The third-order valence-corrected chi connectivity index (χ3v) is 6.70. The number of carbonyl (C=O) groups excluding carboxylic acids is 1. The monoisotopic (exact) mass is 405 g/mol. The predicted molar refractivity (Wildman–Crippen MR) is 109 cm³/mol. The molecule has 0 aliphatic carbocycles. The zero-order valence-corrected chi connectivity index (χ0v) is 17.0. The highest BCUT2D eigenvalue weighted by Gasteiger charge is 2.28. The number of fused-ring (bicyclic) bond motifs is 1. The largest absolute Gasteiger partial charge is 0.454 e. The second-order valence-corrected chi connectivity index (χ2v) is 9.11. The van der Waals surface area contributed by atoms with Crippen LogP contribution in [0.5, 0.6) is 11.5 Å². The maximum absolute atomic E-state index is 12.9. The first-order valence-corrected chi connectivity index (χ1v) is 11.5. The number of rotatable bonds is 7. The molecule has 0 saturated carbocycles. The zero-order valence-electron chi connectivity index (χ0n) is 16.2. The van der Waals surface area contributed by atoms with Crippen LogP contribution in [0, 0.1) is 0 Å². The van der Waals surface area contributed by atoms with Crippen LogP contribution in [0.1, 0.15) is 44.6 Å². The van der Waals surface area contributed by atoms with Gasteiger partial charge in [0.2, 0.25) is 6.79 Å². The van der Waals surface area contributed by atoms with Crippen molar-refractivity contribution >= 4 is 21.8 Å². The van der Waals surface area contributed by atoms with Gasteiger partial charge in [-0.05, 0) is 49.5 Å². The number of ether oxygens (including phenoxy) is 2. The summed E-state index contributed by atoms with van der Waals surface area (Å²) in [4.78, 5) is 14.5. The number of hydrogen-bond acceptors (Lipinski definition) is 5. The summed E-state index contributed by atoms with van der Waals surface area (Å²) < 4.78 is 36.2. The first-order valence-electron chi connectivity index (χ1n) is 9.81. The van der Waals surface area contributed by atoms with Gasteiger partial charge in [0, 0.05) is 13.1 Å². The van der Waals surface area contributed by atoms with Gasteiger partial charge in [-0.3, -0.25) is 4.79 Å². The summed E-state index contributed by atoms with van der Waals surface area (Å²) in [5.74, 6) is 0.959. The lowest BCUT2D eigenvalue weighted by Gasteiger charge is -2.27. The van der Waals surface area contributed by atoms with Crippen molar-refractivity contribution in [1.82, 2.24) is 4.90 Å². The maximum atomic E-state index is 12.9. The average molecular weight is 406 g/mol. The van der Waals surface area contributed by atoms with Crippen LogP contribution in [0.3, 0.4) is 0 Å². The lowest BCUT2D eigenvalue weighted by atomic mass is 10.1. The lowest BCUT2D eigenvalue weighted by molar-refractivity contribution is -0.127. The van der Waals surface area contributed by atoms with Gasteiger partial charge in [-0.2, -0.15) is 0 Å². The predicted octanol–water partition coefficient (Wildman–Crippen LogP) is 3.54. The smallest absolute Gasteiger partial charge is 0.265 e. The molecule has 0 radical (unpaired) electrons. The molecule has 2 aliphatic heterocycles. The highest BCUT2D eigenvalue weighted by Crippen LogP contribution is 2.32. The van der Waals surface area contributed by atoms with E-state index in [2.05, 4.69) is 0 Å². The number of carbonyl (C=O) groups is 1. The fourth-order valence-corrected chi connectivity index (χ4v) is 4.84. The van der Waals surface area contributed by atoms with E-state index < -0.39 is 9.84 Å². The molecule has 152 valence electrons. The van der Waals surface area contributed by atoms with Gasteiger partial charge in [-0.15, -0.1) is 0 Å². The van der Waals surface area contributed by atoms with E-state index in [1.54, 1.807) is 17.1 Å². The summed E-state index contributed by atoms with van der Waals surface area (Å²) in [5, 5.41) is 0. The molecule has 0 bridgehead atoms. The number of unbranched alkanes of at least 4 members (excludes halogenated alkanes) is 1. The summed E-state index contributed by atoms with van der Waals surface area (Å²) in [7, 11) is -3.62. The minimum absolute atomic E-state index is 0.00717. The van der Waals surface area contributed by atoms with E-state index in [-0.39, 0.29) is 23.4 Å². The molecule has 0 atom stereocenters. The minimum Gasteiger partial charge on any atom is -0.454 e. The van der Waals surface area contributed by atoms with Gasteiger partial charge in [0.1, 0.15) is 4.91 Å². The number of likely N-dealkylation sites (tertiary alicyclic amines) is 1. The summed E-state index contributed by atoms with van der Waals surface area (Å²) in [6.07, 6.45) is 9.04. The fourth-order valence-electron chi connectivity index (χ4n) is 3.27. The molecule has 0 aromatic heterocycles. The van der Waals surface area contributed by atoms with Crippen LogP contribution in [0.15, 0.2) is 35.3 Å². The van der Waals surface area contributed by atoms with Crippen molar-refractivity contribution in [3.63, 3.8) is 0 Å². The number of benzene rings is 1. The van der Waals surface area contributed by atoms with Gasteiger partial charge >= 0.3 is 0 Å². The molecule has 1 amide bonds. The van der Waals surface area contributed by atoms with Crippen LogP contribution >= 0.6 is 0 Å². The molecule has 1 saturated heterocycles. The molecule has 0 unspecified atom stereocenters. The standard InChI is InChI=1S/C21H27NO5S/c1-2-3-14-28(24,25)20(21(23)22-12-5-4-6-13-22)9-7-8-17-10-11-18-19(15-17)27-16-26-18/h7-11,15H,2-6,12-14,16H2,1H3/b8-7+,20-9-. The molecule has 0 N–H and O–H groups in total. The minimum atomic E-state index is -3.62. The summed E-state index contributed by atoms with van der Waals surface area (Å²) in [6.45, 7) is 3.37. The van der Waals surface area contributed by atoms with E-state index in [4.69, 9.17) is 9.47 Å². The molecule has 1 aromatic carbocycles. The molecule has 0 spiro atoms. The number of amides is 1. The van der Waals surface area contributed by atoms with E-state index in [1.165, 1.54) is 6.08 Å². The third kappa shape index (κ3) is 4.95. The number of allylic oxidation sites excluding steroid dienone is 2.